The van der Waals surface area contributed by atoms with E-state index in [9.17, 15) is 9.59 Å². The second-order valence-corrected chi connectivity index (χ2v) is 7.02. The third kappa shape index (κ3) is 3.12. The molecule has 2 aliphatic heterocycles. The highest BCUT2D eigenvalue weighted by Crippen LogP contribution is 2.21. The SMILES string of the molecule is Cn1nc(C(=O)N2CCCC(N3CCOCC3)C2)c2ccccc2c1=O. The van der Waals surface area contributed by atoms with Crippen molar-refractivity contribution in [2.24, 2.45) is 7.05 Å². The lowest BCUT2D eigenvalue weighted by Crippen LogP contribution is -2.53. The van der Waals surface area contributed by atoms with Crippen LogP contribution < -0.4 is 5.56 Å². The van der Waals surface area contributed by atoms with Crippen molar-refractivity contribution in [1.82, 2.24) is 19.6 Å². The number of aryl methyl sites for hydroxylation is 1. The summed E-state index contributed by atoms with van der Waals surface area (Å²) in [6.07, 6.45) is 2.09. The van der Waals surface area contributed by atoms with Crippen LogP contribution in [0.4, 0.5) is 0 Å². The number of piperidine rings is 1. The smallest absolute Gasteiger partial charge is 0.275 e. The molecule has 1 unspecified atom stereocenters. The topological polar surface area (TPSA) is 67.7 Å². The third-order valence-corrected chi connectivity index (χ3v) is 5.40. The predicted octanol–water partition coefficient (Wildman–Crippen LogP) is 0.870. The first-order valence-electron chi connectivity index (χ1n) is 9.22. The highest BCUT2D eigenvalue weighted by Gasteiger charge is 2.30. The zero-order valence-electron chi connectivity index (χ0n) is 15.1. The van der Waals surface area contributed by atoms with Gasteiger partial charge in [-0.3, -0.25) is 14.5 Å². The summed E-state index contributed by atoms with van der Waals surface area (Å²) in [5.41, 5.74) is 0.187. The maximum absolute atomic E-state index is 13.2. The van der Waals surface area contributed by atoms with E-state index in [1.54, 1.807) is 19.2 Å². The average Bonchev–Trinajstić information content (AvgIpc) is 2.71. The van der Waals surface area contributed by atoms with Gasteiger partial charge in [-0.05, 0) is 18.9 Å². The van der Waals surface area contributed by atoms with E-state index in [4.69, 9.17) is 4.74 Å². The monoisotopic (exact) mass is 356 g/mol. The summed E-state index contributed by atoms with van der Waals surface area (Å²) in [5.74, 6) is -0.0882. The number of aromatic nitrogens is 2. The van der Waals surface area contributed by atoms with Crippen molar-refractivity contribution in [2.45, 2.75) is 18.9 Å². The first-order valence-corrected chi connectivity index (χ1v) is 9.22. The molecule has 138 valence electrons. The molecule has 26 heavy (non-hydrogen) atoms. The molecule has 0 N–H and O–H groups in total. The fourth-order valence-electron chi connectivity index (χ4n) is 3.99. The minimum Gasteiger partial charge on any atom is -0.379 e. The van der Waals surface area contributed by atoms with Crippen LogP contribution in [0.15, 0.2) is 29.1 Å². The molecule has 4 rings (SSSR count). The Hall–Kier alpha value is -2.25. The molecule has 2 fully saturated rings. The van der Waals surface area contributed by atoms with Gasteiger partial charge in [0.2, 0.25) is 0 Å². The van der Waals surface area contributed by atoms with Crippen molar-refractivity contribution in [1.29, 1.82) is 0 Å². The summed E-state index contributed by atoms with van der Waals surface area (Å²) < 4.78 is 6.71. The zero-order valence-corrected chi connectivity index (χ0v) is 15.1. The number of rotatable bonds is 2. The van der Waals surface area contributed by atoms with Gasteiger partial charge in [-0.2, -0.15) is 5.10 Å². The number of amides is 1. The van der Waals surface area contributed by atoms with Crippen LogP contribution >= 0.6 is 0 Å². The highest BCUT2D eigenvalue weighted by atomic mass is 16.5. The molecule has 7 nitrogen and oxygen atoms in total. The molecule has 1 aromatic carbocycles. The fourth-order valence-corrected chi connectivity index (χ4v) is 3.99. The van der Waals surface area contributed by atoms with Gasteiger partial charge in [0.1, 0.15) is 0 Å². The molecule has 0 radical (unpaired) electrons. The Morgan fingerprint density at radius 1 is 1.15 bits per heavy atom. The quantitative estimate of drug-likeness (QED) is 0.799. The number of benzene rings is 1. The van der Waals surface area contributed by atoms with Crippen LogP contribution in [0.2, 0.25) is 0 Å². The van der Waals surface area contributed by atoms with Gasteiger partial charge in [0.15, 0.2) is 5.69 Å². The van der Waals surface area contributed by atoms with Gasteiger partial charge in [0, 0.05) is 44.7 Å². The lowest BCUT2D eigenvalue weighted by molar-refractivity contribution is -0.00129. The molecular weight excluding hydrogens is 332 g/mol. The van der Waals surface area contributed by atoms with Crippen molar-refractivity contribution < 1.29 is 9.53 Å². The van der Waals surface area contributed by atoms with Crippen molar-refractivity contribution in [2.75, 3.05) is 39.4 Å². The molecule has 1 aromatic heterocycles. The lowest BCUT2D eigenvalue weighted by Gasteiger charge is -2.40. The average molecular weight is 356 g/mol. The Bertz CT molecular complexity index is 873. The van der Waals surface area contributed by atoms with Gasteiger partial charge in [-0.15, -0.1) is 0 Å². The van der Waals surface area contributed by atoms with Gasteiger partial charge in [0.25, 0.3) is 11.5 Å². The van der Waals surface area contributed by atoms with Crippen molar-refractivity contribution >= 4 is 16.7 Å². The second-order valence-electron chi connectivity index (χ2n) is 7.02. The Morgan fingerprint density at radius 2 is 1.88 bits per heavy atom. The predicted molar refractivity (Wildman–Crippen MR) is 98.3 cm³/mol. The van der Waals surface area contributed by atoms with E-state index in [-0.39, 0.29) is 11.5 Å². The number of fused-ring (bicyclic) bond motifs is 1. The van der Waals surface area contributed by atoms with Crippen LogP contribution in [-0.2, 0) is 11.8 Å². The van der Waals surface area contributed by atoms with E-state index in [2.05, 4.69) is 10.00 Å². The summed E-state index contributed by atoms with van der Waals surface area (Å²) in [5, 5.41) is 5.46. The van der Waals surface area contributed by atoms with Crippen LogP contribution in [0, 0.1) is 0 Å². The number of ether oxygens (including phenoxy) is 1. The number of nitrogens with zero attached hydrogens (tertiary/aromatic N) is 4. The summed E-state index contributed by atoms with van der Waals surface area (Å²) in [4.78, 5) is 29.8. The van der Waals surface area contributed by atoms with Crippen molar-refractivity contribution in [3.63, 3.8) is 0 Å². The Balaban J connectivity index is 1.62. The summed E-state index contributed by atoms with van der Waals surface area (Å²) in [6.45, 7) is 4.81. The van der Waals surface area contributed by atoms with Crippen molar-refractivity contribution in [3.05, 3.63) is 40.3 Å². The minimum atomic E-state index is -0.179. The molecule has 0 aliphatic carbocycles. The largest absolute Gasteiger partial charge is 0.379 e. The molecular formula is C19H24N4O3. The van der Waals surface area contributed by atoms with Gasteiger partial charge in [-0.1, -0.05) is 18.2 Å². The van der Waals surface area contributed by atoms with Gasteiger partial charge < -0.3 is 9.64 Å². The number of likely N-dealkylation sites (tertiary alicyclic amines) is 1. The van der Waals surface area contributed by atoms with Gasteiger partial charge in [-0.25, -0.2) is 4.68 Å². The number of carbonyl (C=O) groups excluding carboxylic acids is 1. The molecule has 2 aliphatic rings. The third-order valence-electron chi connectivity index (χ3n) is 5.40. The Labute approximate surface area is 152 Å². The first-order chi connectivity index (χ1) is 12.6. The van der Waals surface area contributed by atoms with Crippen LogP contribution in [0.5, 0.6) is 0 Å². The van der Waals surface area contributed by atoms with Crippen LogP contribution in [-0.4, -0.2) is 70.9 Å². The van der Waals surface area contributed by atoms with E-state index in [0.29, 0.717) is 29.1 Å². The normalized spacial score (nSPS) is 21.9. The molecule has 0 spiro atoms. The molecule has 2 aromatic rings. The number of hydrogen-bond donors (Lipinski definition) is 0. The molecule has 2 saturated heterocycles. The lowest BCUT2D eigenvalue weighted by atomic mass is 10.0. The minimum absolute atomic E-state index is 0.0882. The van der Waals surface area contributed by atoms with Crippen LogP contribution in [0.1, 0.15) is 23.3 Å². The van der Waals surface area contributed by atoms with Gasteiger partial charge >= 0.3 is 0 Å². The standard InChI is InChI=1S/C19H24N4O3/c1-21-18(24)16-7-3-2-6-15(16)17(20-21)19(25)23-8-4-5-14(13-23)22-9-11-26-12-10-22/h2-3,6-7,14H,4-5,8-13H2,1H3. The highest BCUT2D eigenvalue weighted by molar-refractivity contribution is 6.04. The first kappa shape index (κ1) is 17.2. The van der Waals surface area contributed by atoms with Gasteiger partial charge in [0.05, 0.1) is 18.6 Å². The van der Waals surface area contributed by atoms with E-state index in [0.717, 1.165) is 45.7 Å². The molecule has 0 bridgehead atoms. The maximum atomic E-state index is 13.2. The maximum Gasteiger partial charge on any atom is 0.275 e. The zero-order chi connectivity index (χ0) is 18.1. The Morgan fingerprint density at radius 3 is 2.65 bits per heavy atom. The fraction of sp³-hybridized carbons (Fsp3) is 0.526. The molecule has 1 amide bonds. The second kappa shape index (κ2) is 7.17. The van der Waals surface area contributed by atoms with Crippen LogP contribution in [0.25, 0.3) is 10.8 Å². The molecule has 3 heterocycles. The molecule has 7 heteroatoms. The number of hydrogen-bond acceptors (Lipinski definition) is 5. The van der Waals surface area contributed by atoms with Crippen molar-refractivity contribution in [3.8, 4) is 0 Å². The molecule has 1 atom stereocenters. The summed E-state index contributed by atoms with van der Waals surface area (Å²) >= 11 is 0. The number of carbonyl (C=O) groups is 1. The summed E-state index contributed by atoms with van der Waals surface area (Å²) in [7, 11) is 1.60. The Kier molecular flexibility index (Phi) is 4.74. The van der Waals surface area contributed by atoms with E-state index in [1.807, 2.05) is 17.0 Å². The van der Waals surface area contributed by atoms with E-state index >= 15 is 0 Å². The number of morpholine rings is 1. The molecule has 0 saturated carbocycles. The van der Waals surface area contributed by atoms with Crippen LogP contribution in [0.3, 0.4) is 0 Å². The summed E-state index contributed by atoms with van der Waals surface area (Å²) in [6, 6.07) is 7.58. The van der Waals surface area contributed by atoms with E-state index < -0.39 is 0 Å². The van der Waals surface area contributed by atoms with E-state index in [1.165, 1.54) is 4.68 Å².